The summed E-state index contributed by atoms with van der Waals surface area (Å²) >= 11 is 3.28. The van der Waals surface area contributed by atoms with Crippen molar-refractivity contribution < 1.29 is 22.7 Å². The van der Waals surface area contributed by atoms with Crippen molar-refractivity contribution in [2.45, 2.75) is 19.1 Å². The van der Waals surface area contributed by atoms with E-state index in [1.54, 1.807) is 24.3 Å². The number of ether oxygens (including phenoxy) is 1. The van der Waals surface area contributed by atoms with Crippen LogP contribution in [0.5, 0.6) is 0 Å². The molecule has 0 radical (unpaired) electrons. The molecule has 1 aliphatic heterocycles. The number of anilines is 1. The van der Waals surface area contributed by atoms with E-state index in [0.717, 1.165) is 10.8 Å². The zero-order valence-corrected chi connectivity index (χ0v) is 14.4. The predicted molar refractivity (Wildman–Crippen MR) is 85.6 cm³/mol. The minimum absolute atomic E-state index is 0.0509. The van der Waals surface area contributed by atoms with E-state index in [2.05, 4.69) is 31.3 Å². The van der Waals surface area contributed by atoms with Crippen LogP contribution < -0.4 is 5.32 Å². The van der Waals surface area contributed by atoms with Gasteiger partial charge >= 0.3 is 12.1 Å². The summed E-state index contributed by atoms with van der Waals surface area (Å²) in [6.45, 7) is 1.47. The van der Waals surface area contributed by atoms with E-state index in [1.165, 1.54) is 11.6 Å². The smallest absolute Gasteiger partial charge is 0.431 e. The maximum atomic E-state index is 13.6. The number of rotatable bonds is 3. The van der Waals surface area contributed by atoms with Crippen molar-refractivity contribution in [3.8, 4) is 0 Å². The van der Waals surface area contributed by atoms with Crippen LogP contribution in [-0.2, 0) is 9.53 Å². The number of carbonyl (C=O) groups excluding carboxylic acids is 1. The van der Waals surface area contributed by atoms with Gasteiger partial charge in [-0.2, -0.15) is 23.3 Å². The van der Waals surface area contributed by atoms with E-state index in [1.807, 2.05) is 0 Å². The lowest BCUT2D eigenvalue weighted by Crippen LogP contribution is -2.35. The molecule has 2 heterocycles. The first-order valence-electron chi connectivity index (χ1n) is 7.23. The molecule has 6 nitrogen and oxygen atoms in total. The third kappa shape index (κ3) is 3.26. The Hall–Kier alpha value is -2.36. The third-order valence-electron chi connectivity index (χ3n) is 3.56. The average Bonchev–Trinajstić information content (AvgIpc) is 3.01. The fourth-order valence-corrected chi connectivity index (χ4v) is 2.83. The molecule has 0 spiro atoms. The minimum Gasteiger partial charge on any atom is -0.463 e. The zero-order valence-electron chi connectivity index (χ0n) is 12.8. The van der Waals surface area contributed by atoms with Gasteiger partial charge in [-0.1, -0.05) is 28.1 Å². The van der Waals surface area contributed by atoms with Crippen molar-refractivity contribution in [3.63, 3.8) is 0 Å². The number of nitrogens with one attached hydrogen (secondary N) is 1. The standard InChI is InChI=1S/C15H12BrF3N4O2/c1-2-25-13(24)10-11(8-3-5-9(16)6-4-8)23-14(20-7-21-23)22-12(10)15(17,18)19/h3-7,11H,2H2,1H3,(H,20,21,22)/t11-/m0/s1. The maximum absolute atomic E-state index is 13.6. The number of nitrogens with zero attached hydrogens (tertiary/aromatic N) is 3. The van der Waals surface area contributed by atoms with Gasteiger partial charge in [0.05, 0.1) is 12.2 Å². The molecule has 1 aromatic carbocycles. The maximum Gasteiger partial charge on any atom is 0.431 e. The molecule has 1 aliphatic rings. The van der Waals surface area contributed by atoms with E-state index in [0.29, 0.717) is 5.56 Å². The van der Waals surface area contributed by atoms with Crippen LogP contribution >= 0.6 is 15.9 Å². The van der Waals surface area contributed by atoms with E-state index in [4.69, 9.17) is 4.74 Å². The summed E-state index contributed by atoms with van der Waals surface area (Å²) in [7, 11) is 0. The largest absolute Gasteiger partial charge is 0.463 e. The van der Waals surface area contributed by atoms with Gasteiger partial charge in [0.1, 0.15) is 18.1 Å². The first-order chi connectivity index (χ1) is 11.8. The predicted octanol–water partition coefficient (Wildman–Crippen LogP) is 3.44. The van der Waals surface area contributed by atoms with Crippen molar-refractivity contribution in [3.05, 3.63) is 51.9 Å². The highest BCUT2D eigenvalue weighted by Crippen LogP contribution is 2.41. The molecule has 1 atom stereocenters. The number of allylic oxidation sites excluding steroid dienone is 1. The fourth-order valence-electron chi connectivity index (χ4n) is 2.57. The number of esters is 1. The Bertz CT molecular complexity index is 830. The molecule has 3 rings (SSSR count). The molecule has 10 heteroatoms. The number of benzene rings is 1. The van der Waals surface area contributed by atoms with Gasteiger partial charge in [0.15, 0.2) is 0 Å². The van der Waals surface area contributed by atoms with Crippen LogP contribution in [0.4, 0.5) is 19.1 Å². The second kappa shape index (κ2) is 6.51. The number of hydrogen-bond acceptors (Lipinski definition) is 5. The Labute approximate surface area is 148 Å². The molecule has 1 N–H and O–H groups in total. The normalized spacial score (nSPS) is 17.1. The molecular weight excluding hydrogens is 405 g/mol. The highest BCUT2D eigenvalue weighted by Gasteiger charge is 2.46. The molecule has 0 unspecified atom stereocenters. The van der Waals surface area contributed by atoms with Crippen LogP contribution in [0.15, 0.2) is 46.3 Å². The fraction of sp³-hybridized carbons (Fsp3) is 0.267. The molecule has 0 fully saturated rings. The Morgan fingerprint density at radius 3 is 2.64 bits per heavy atom. The van der Waals surface area contributed by atoms with E-state index in [9.17, 15) is 18.0 Å². The van der Waals surface area contributed by atoms with Gasteiger partial charge in [-0.25, -0.2) is 9.48 Å². The number of halogens is 4. The quantitative estimate of drug-likeness (QED) is 0.776. The average molecular weight is 417 g/mol. The van der Waals surface area contributed by atoms with E-state index >= 15 is 0 Å². The van der Waals surface area contributed by atoms with Crippen molar-refractivity contribution in [2.75, 3.05) is 11.9 Å². The summed E-state index contributed by atoms with van der Waals surface area (Å²) in [5.41, 5.74) is -1.31. The van der Waals surface area contributed by atoms with Gasteiger partial charge in [-0.3, -0.25) is 0 Å². The molecule has 25 heavy (non-hydrogen) atoms. The summed E-state index contributed by atoms with van der Waals surface area (Å²) in [6, 6.07) is 5.45. The Morgan fingerprint density at radius 1 is 1.36 bits per heavy atom. The van der Waals surface area contributed by atoms with Gasteiger partial charge in [-0.15, -0.1) is 0 Å². The van der Waals surface area contributed by atoms with Gasteiger partial charge in [0, 0.05) is 4.47 Å². The lowest BCUT2D eigenvalue weighted by atomic mass is 9.95. The number of alkyl halides is 3. The van der Waals surface area contributed by atoms with Crippen LogP contribution in [0.25, 0.3) is 0 Å². The van der Waals surface area contributed by atoms with Crippen LogP contribution in [-0.4, -0.2) is 33.5 Å². The zero-order chi connectivity index (χ0) is 18.2. The molecule has 0 aliphatic carbocycles. The van der Waals surface area contributed by atoms with Crippen molar-refractivity contribution >= 4 is 27.8 Å². The van der Waals surface area contributed by atoms with Gasteiger partial charge in [-0.05, 0) is 24.6 Å². The molecule has 1 aromatic heterocycles. The van der Waals surface area contributed by atoms with Crippen molar-refractivity contribution in [1.29, 1.82) is 0 Å². The van der Waals surface area contributed by atoms with Gasteiger partial charge < -0.3 is 10.1 Å². The van der Waals surface area contributed by atoms with Gasteiger partial charge in [0.25, 0.3) is 0 Å². The number of carbonyl (C=O) groups is 1. The second-order valence-electron chi connectivity index (χ2n) is 5.11. The highest BCUT2D eigenvalue weighted by molar-refractivity contribution is 9.10. The number of hydrogen-bond donors (Lipinski definition) is 1. The van der Waals surface area contributed by atoms with Crippen LogP contribution in [0.2, 0.25) is 0 Å². The highest BCUT2D eigenvalue weighted by atomic mass is 79.9. The molecule has 132 valence electrons. The lowest BCUT2D eigenvalue weighted by Gasteiger charge is -2.30. The van der Waals surface area contributed by atoms with Crippen LogP contribution in [0.1, 0.15) is 18.5 Å². The SMILES string of the molecule is CCOC(=O)C1=C(C(F)(F)F)Nc2ncnn2[C@H]1c1ccc(Br)cc1. The van der Waals surface area contributed by atoms with Crippen molar-refractivity contribution in [2.24, 2.45) is 0 Å². The third-order valence-corrected chi connectivity index (χ3v) is 4.09. The Balaban J connectivity index is 2.24. The molecule has 2 aromatic rings. The monoisotopic (exact) mass is 416 g/mol. The second-order valence-corrected chi connectivity index (χ2v) is 6.03. The Morgan fingerprint density at radius 2 is 2.04 bits per heavy atom. The number of aromatic nitrogens is 3. The summed E-state index contributed by atoms with van der Waals surface area (Å²) < 4.78 is 47.5. The molecule has 0 bridgehead atoms. The van der Waals surface area contributed by atoms with Crippen LogP contribution in [0.3, 0.4) is 0 Å². The first-order valence-corrected chi connectivity index (χ1v) is 8.02. The molecular formula is C15H12BrF3N4O2. The number of fused-ring (bicyclic) bond motifs is 1. The molecule has 0 amide bonds. The topological polar surface area (TPSA) is 69.0 Å². The summed E-state index contributed by atoms with van der Waals surface area (Å²) in [5.74, 6) is -1.16. The Kier molecular flexibility index (Phi) is 4.55. The van der Waals surface area contributed by atoms with Crippen LogP contribution in [0, 0.1) is 0 Å². The van der Waals surface area contributed by atoms with E-state index < -0.39 is 29.5 Å². The van der Waals surface area contributed by atoms with Crippen molar-refractivity contribution in [1.82, 2.24) is 14.8 Å². The first kappa shape index (κ1) is 17.5. The van der Waals surface area contributed by atoms with Gasteiger partial charge in [0.2, 0.25) is 5.95 Å². The lowest BCUT2D eigenvalue weighted by molar-refractivity contribution is -0.140. The molecule has 0 saturated carbocycles. The van der Waals surface area contributed by atoms with E-state index in [-0.39, 0.29) is 12.6 Å². The summed E-state index contributed by atoms with van der Waals surface area (Å²) in [5, 5.41) is 6.12. The summed E-state index contributed by atoms with van der Waals surface area (Å²) in [6.07, 6.45) is -3.66. The molecule has 0 saturated heterocycles. The minimum atomic E-state index is -4.78. The summed E-state index contributed by atoms with van der Waals surface area (Å²) in [4.78, 5) is 16.1.